The molecule has 0 spiro atoms. The number of hydrogen-bond acceptors (Lipinski definition) is 3. The summed E-state index contributed by atoms with van der Waals surface area (Å²) in [7, 11) is 0. The average Bonchev–Trinajstić information content (AvgIpc) is 2.78. The highest BCUT2D eigenvalue weighted by Crippen LogP contribution is 2.65. The lowest BCUT2D eigenvalue weighted by atomic mass is 9.69. The van der Waals surface area contributed by atoms with E-state index in [0.29, 0.717) is 16.9 Å². The molecular weight excluding hydrogens is 264 g/mol. The normalized spacial score (nSPS) is 33.3. The van der Waals surface area contributed by atoms with E-state index in [9.17, 15) is 10.1 Å². The molecule has 2 aliphatic rings. The zero-order valence-electron chi connectivity index (χ0n) is 13.1. The number of hydrogen-bond donors (Lipinski definition) is 1. The van der Waals surface area contributed by atoms with Crippen LogP contribution in [-0.2, 0) is 6.54 Å². The van der Waals surface area contributed by atoms with Crippen molar-refractivity contribution >= 4 is 5.69 Å². The summed E-state index contributed by atoms with van der Waals surface area (Å²) >= 11 is 0. The number of rotatable bonds is 4. The minimum atomic E-state index is -0.351. The Balaban J connectivity index is 1.65. The number of benzene rings is 1. The van der Waals surface area contributed by atoms with Crippen molar-refractivity contribution in [2.75, 3.05) is 0 Å². The van der Waals surface area contributed by atoms with Gasteiger partial charge in [-0.1, -0.05) is 32.9 Å². The van der Waals surface area contributed by atoms with E-state index in [1.54, 1.807) is 12.1 Å². The molecule has 114 valence electrons. The van der Waals surface area contributed by atoms with Crippen LogP contribution in [0.3, 0.4) is 0 Å². The van der Waals surface area contributed by atoms with E-state index < -0.39 is 0 Å². The number of fused-ring (bicyclic) bond motifs is 2. The standard InChI is InChI=1S/C17H24N2O2/c1-16(2)13-8-9-17(16,3)15(10-13)18-11-12-4-6-14(7-5-12)19(20)21/h4-7,13,15,18H,8-11H2,1-3H3/t13-,15+,17+/m0/s1. The van der Waals surface area contributed by atoms with Crippen molar-refractivity contribution < 1.29 is 4.92 Å². The van der Waals surface area contributed by atoms with Gasteiger partial charge in [-0.3, -0.25) is 10.1 Å². The molecule has 4 heteroatoms. The SMILES string of the molecule is CC1(C)[C@H]2CC[C@]1(C)[C@H](NCc1ccc([N+](=O)[O-])cc1)C2. The topological polar surface area (TPSA) is 55.2 Å². The maximum Gasteiger partial charge on any atom is 0.269 e. The van der Waals surface area contributed by atoms with E-state index in [4.69, 9.17) is 0 Å². The summed E-state index contributed by atoms with van der Waals surface area (Å²) in [6.45, 7) is 8.05. The Labute approximate surface area is 126 Å². The largest absolute Gasteiger partial charge is 0.309 e. The Hall–Kier alpha value is -1.42. The first-order valence-corrected chi connectivity index (χ1v) is 7.81. The molecule has 1 N–H and O–H groups in total. The Morgan fingerprint density at radius 2 is 1.95 bits per heavy atom. The number of nitrogens with zero attached hydrogens (tertiary/aromatic N) is 1. The molecule has 1 aromatic carbocycles. The van der Waals surface area contributed by atoms with E-state index in [1.165, 1.54) is 19.3 Å². The summed E-state index contributed by atoms with van der Waals surface area (Å²) in [4.78, 5) is 10.3. The fourth-order valence-electron chi connectivity index (χ4n) is 4.49. The molecule has 0 aromatic heterocycles. The molecule has 2 bridgehead atoms. The lowest BCUT2D eigenvalue weighted by Gasteiger charge is -2.39. The molecule has 3 rings (SSSR count). The van der Waals surface area contributed by atoms with Crippen molar-refractivity contribution in [3.05, 3.63) is 39.9 Å². The zero-order chi connectivity index (χ0) is 15.3. The summed E-state index contributed by atoms with van der Waals surface area (Å²) in [5, 5.41) is 14.4. The highest BCUT2D eigenvalue weighted by Gasteiger charge is 2.60. The van der Waals surface area contributed by atoms with Crippen LogP contribution in [0.2, 0.25) is 0 Å². The molecule has 4 nitrogen and oxygen atoms in total. The molecule has 0 amide bonds. The van der Waals surface area contributed by atoms with Gasteiger partial charge in [0.25, 0.3) is 5.69 Å². The Kier molecular flexibility index (Phi) is 3.32. The first-order chi connectivity index (χ1) is 9.84. The molecule has 21 heavy (non-hydrogen) atoms. The molecule has 2 fully saturated rings. The van der Waals surface area contributed by atoms with Gasteiger partial charge < -0.3 is 5.32 Å². The first-order valence-electron chi connectivity index (χ1n) is 7.81. The molecule has 1 aromatic rings. The minimum absolute atomic E-state index is 0.159. The Morgan fingerprint density at radius 1 is 1.29 bits per heavy atom. The van der Waals surface area contributed by atoms with Crippen LogP contribution in [-0.4, -0.2) is 11.0 Å². The van der Waals surface area contributed by atoms with Crippen LogP contribution in [0.25, 0.3) is 0 Å². The van der Waals surface area contributed by atoms with Crippen molar-refractivity contribution in [1.82, 2.24) is 5.32 Å². The maximum absolute atomic E-state index is 10.7. The maximum atomic E-state index is 10.7. The second-order valence-corrected chi connectivity index (χ2v) is 7.47. The van der Waals surface area contributed by atoms with E-state index in [-0.39, 0.29) is 10.6 Å². The lowest BCUT2D eigenvalue weighted by molar-refractivity contribution is -0.384. The summed E-state index contributed by atoms with van der Waals surface area (Å²) in [6, 6.07) is 7.44. The summed E-state index contributed by atoms with van der Waals surface area (Å²) in [5.74, 6) is 0.830. The summed E-state index contributed by atoms with van der Waals surface area (Å²) in [5.41, 5.74) is 2.06. The van der Waals surface area contributed by atoms with Gasteiger partial charge in [-0.2, -0.15) is 0 Å². The monoisotopic (exact) mass is 288 g/mol. The first kappa shape index (κ1) is 14.5. The van der Waals surface area contributed by atoms with Crippen molar-refractivity contribution in [1.29, 1.82) is 0 Å². The van der Waals surface area contributed by atoms with Gasteiger partial charge in [0.2, 0.25) is 0 Å². The molecule has 0 radical (unpaired) electrons. The summed E-state index contributed by atoms with van der Waals surface area (Å²) in [6.07, 6.45) is 3.93. The smallest absolute Gasteiger partial charge is 0.269 e. The van der Waals surface area contributed by atoms with Crippen LogP contribution in [0.1, 0.15) is 45.6 Å². The predicted molar refractivity (Wildman–Crippen MR) is 83.0 cm³/mol. The van der Waals surface area contributed by atoms with Crippen molar-refractivity contribution in [3.63, 3.8) is 0 Å². The number of nitro benzene ring substituents is 1. The van der Waals surface area contributed by atoms with Crippen molar-refractivity contribution in [2.24, 2.45) is 16.7 Å². The van der Waals surface area contributed by atoms with Crippen molar-refractivity contribution in [3.8, 4) is 0 Å². The highest BCUT2D eigenvalue weighted by molar-refractivity contribution is 5.32. The third kappa shape index (κ3) is 2.16. The van der Waals surface area contributed by atoms with Gasteiger partial charge in [-0.15, -0.1) is 0 Å². The Morgan fingerprint density at radius 3 is 2.43 bits per heavy atom. The molecular formula is C17H24N2O2. The molecule has 0 saturated heterocycles. The summed E-state index contributed by atoms with van der Waals surface area (Å²) < 4.78 is 0. The van der Waals surface area contributed by atoms with Gasteiger partial charge in [0.15, 0.2) is 0 Å². The molecule has 2 aliphatic carbocycles. The van der Waals surface area contributed by atoms with E-state index in [1.807, 2.05) is 12.1 Å². The molecule has 0 aliphatic heterocycles. The molecule has 2 saturated carbocycles. The molecule has 0 unspecified atom stereocenters. The predicted octanol–water partition coefficient (Wildman–Crippen LogP) is 3.90. The van der Waals surface area contributed by atoms with Crippen LogP contribution in [0.4, 0.5) is 5.69 Å². The van der Waals surface area contributed by atoms with Gasteiger partial charge in [0.05, 0.1) is 4.92 Å². The molecule has 3 atom stereocenters. The van der Waals surface area contributed by atoms with Crippen LogP contribution in [0, 0.1) is 26.9 Å². The van der Waals surface area contributed by atoms with Gasteiger partial charge in [0.1, 0.15) is 0 Å². The van der Waals surface area contributed by atoms with Crippen LogP contribution in [0.5, 0.6) is 0 Å². The van der Waals surface area contributed by atoms with E-state index >= 15 is 0 Å². The lowest BCUT2D eigenvalue weighted by Crippen LogP contribution is -2.44. The van der Waals surface area contributed by atoms with Crippen LogP contribution in [0.15, 0.2) is 24.3 Å². The average molecular weight is 288 g/mol. The van der Waals surface area contributed by atoms with Gasteiger partial charge in [-0.05, 0) is 41.6 Å². The fourth-order valence-corrected chi connectivity index (χ4v) is 4.49. The van der Waals surface area contributed by atoms with E-state index in [0.717, 1.165) is 18.0 Å². The number of nitro groups is 1. The van der Waals surface area contributed by atoms with Crippen LogP contribution >= 0.6 is 0 Å². The molecule has 0 heterocycles. The number of nitrogens with one attached hydrogen (secondary N) is 1. The Bertz CT molecular complexity index is 552. The van der Waals surface area contributed by atoms with Crippen LogP contribution < -0.4 is 5.32 Å². The van der Waals surface area contributed by atoms with Gasteiger partial charge in [0, 0.05) is 24.7 Å². The second-order valence-electron chi connectivity index (χ2n) is 7.47. The van der Waals surface area contributed by atoms with E-state index in [2.05, 4.69) is 26.1 Å². The highest BCUT2D eigenvalue weighted by atomic mass is 16.6. The fraction of sp³-hybridized carbons (Fsp3) is 0.647. The third-order valence-corrected chi connectivity index (χ3v) is 6.49. The van der Waals surface area contributed by atoms with Crippen molar-refractivity contribution in [2.45, 2.75) is 52.6 Å². The van der Waals surface area contributed by atoms with Gasteiger partial charge in [-0.25, -0.2) is 0 Å². The zero-order valence-corrected chi connectivity index (χ0v) is 13.1. The second kappa shape index (κ2) is 4.80. The van der Waals surface area contributed by atoms with Gasteiger partial charge >= 0.3 is 0 Å². The number of non-ortho nitro benzene ring substituents is 1. The third-order valence-electron chi connectivity index (χ3n) is 6.49. The quantitative estimate of drug-likeness (QED) is 0.675. The minimum Gasteiger partial charge on any atom is -0.309 e.